The number of carbonyl (C=O) groups excluding carboxylic acids is 1. The molecule has 0 unspecified atom stereocenters. The van der Waals surface area contributed by atoms with Crippen LogP contribution in [0.3, 0.4) is 0 Å². The van der Waals surface area contributed by atoms with Gasteiger partial charge in [0, 0.05) is 13.1 Å². The van der Waals surface area contributed by atoms with Crippen molar-refractivity contribution >= 4 is 23.7 Å². The molecule has 3 nitrogen and oxygen atoms in total. The highest BCUT2D eigenvalue weighted by Crippen LogP contribution is 2.21. The standard InChI is InChI=1S/C14H19ClN2O/c1-5-16-9-11(3)17(4)14(18)13-10(2)7-6-8-12(13)15/h5-8,11H,9H2,1-4H3/t11-/m1/s1. The molecular formula is C14H19ClN2O. The largest absolute Gasteiger partial charge is 0.337 e. The van der Waals surface area contributed by atoms with Crippen molar-refractivity contribution in [3.63, 3.8) is 0 Å². The van der Waals surface area contributed by atoms with Gasteiger partial charge in [0.25, 0.3) is 5.91 Å². The Morgan fingerprint density at radius 1 is 1.56 bits per heavy atom. The Labute approximate surface area is 113 Å². The molecule has 98 valence electrons. The van der Waals surface area contributed by atoms with E-state index in [1.165, 1.54) is 0 Å². The lowest BCUT2D eigenvalue weighted by molar-refractivity contribution is 0.0748. The van der Waals surface area contributed by atoms with Gasteiger partial charge in [0.2, 0.25) is 0 Å². The molecule has 1 aromatic rings. The molecule has 0 aliphatic rings. The van der Waals surface area contributed by atoms with E-state index in [1.54, 1.807) is 24.2 Å². The van der Waals surface area contributed by atoms with E-state index >= 15 is 0 Å². The number of amides is 1. The molecule has 1 rings (SSSR count). The van der Waals surface area contributed by atoms with Crippen LogP contribution in [-0.4, -0.2) is 36.7 Å². The molecule has 0 aromatic heterocycles. The number of likely N-dealkylation sites (N-methyl/N-ethyl adjacent to an activating group) is 1. The predicted molar refractivity (Wildman–Crippen MR) is 76.8 cm³/mol. The minimum Gasteiger partial charge on any atom is -0.337 e. The molecule has 1 amide bonds. The van der Waals surface area contributed by atoms with Gasteiger partial charge in [0.05, 0.1) is 17.1 Å². The zero-order chi connectivity index (χ0) is 13.7. The molecular weight excluding hydrogens is 248 g/mol. The summed E-state index contributed by atoms with van der Waals surface area (Å²) in [6, 6.07) is 5.52. The molecule has 0 aliphatic heterocycles. The quantitative estimate of drug-likeness (QED) is 0.771. The molecule has 0 fully saturated rings. The molecule has 1 aromatic carbocycles. The Morgan fingerprint density at radius 2 is 2.22 bits per heavy atom. The predicted octanol–water partition coefficient (Wildman–Crippen LogP) is 3.20. The van der Waals surface area contributed by atoms with Crippen LogP contribution < -0.4 is 0 Å². The van der Waals surface area contributed by atoms with Crippen LogP contribution >= 0.6 is 11.6 Å². The number of benzene rings is 1. The molecule has 0 heterocycles. The number of hydrogen-bond acceptors (Lipinski definition) is 2. The molecule has 0 bridgehead atoms. The molecule has 0 saturated carbocycles. The number of aliphatic imine (C=N–C) groups is 1. The minimum absolute atomic E-state index is 0.0457. The highest BCUT2D eigenvalue weighted by molar-refractivity contribution is 6.34. The molecule has 0 spiro atoms. The second-order valence-corrected chi connectivity index (χ2v) is 4.73. The smallest absolute Gasteiger partial charge is 0.255 e. The van der Waals surface area contributed by atoms with Crippen LogP contribution in [-0.2, 0) is 0 Å². The van der Waals surface area contributed by atoms with Gasteiger partial charge < -0.3 is 4.90 Å². The molecule has 4 heteroatoms. The molecule has 1 atom stereocenters. The van der Waals surface area contributed by atoms with E-state index in [0.717, 1.165) is 5.56 Å². The number of carbonyl (C=O) groups is 1. The second kappa shape index (κ2) is 6.55. The zero-order valence-corrected chi connectivity index (χ0v) is 12.0. The van der Waals surface area contributed by atoms with Gasteiger partial charge in [0.1, 0.15) is 0 Å². The Balaban J connectivity index is 2.93. The van der Waals surface area contributed by atoms with E-state index in [4.69, 9.17) is 11.6 Å². The van der Waals surface area contributed by atoms with Crippen molar-refractivity contribution in [2.45, 2.75) is 26.8 Å². The van der Waals surface area contributed by atoms with Crippen LogP contribution in [0.25, 0.3) is 0 Å². The van der Waals surface area contributed by atoms with Crippen molar-refractivity contribution in [2.75, 3.05) is 13.6 Å². The summed E-state index contributed by atoms with van der Waals surface area (Å²) in [6.45, 7) is 6.33. The maximum atomic E-state index is 12.4. The maximum Gasteiger partial charge on any atom is 0.255 e. The lowest BCUT2D eigenvalue weighted by Gasteiger charge is -2.24. The Kier molecular flexibility index (Phi) is 5.35. The third-order valence-electron chi connectivity index (χ3n) is 2.97. The van der Waals surface area contributed by atoms with Gasteiger partial charge in [-0.1, -0.05) is 23.7 Å². The number of aryl methyl sites for hydroxylation is 1. The van der Waals surface area contributed by atoms with Gasteiger partial charge in [-0.3, -0.25) is 9.79 Å². The molecule has 0 aliphatic carbocycles. The summed E-state index contributed by atoms with van der Waals surface area (Å²) < 4.78 is 0. The summed E-state index contributed by atoms with van der Waals surface area (Å²) in [6.07, 6.45) is 1.75. The van der Waals surface area contributed by atoms with Gasteiger partial charge >= 0.3 is 0 Å². The average Bonchev–Trinajstić information content (AvgIpc) is 2.34. The van der Waals surface area contributed by atoms with Crippen molar-refractivity contribution < 1.29 is 4.79 Å². The first-order valence-corrected chi connectivity index (χ1v) is 6.33. The fourth-order valence-electron chi connectivity index (χ4n) is 1.66. The first kappa shape index (κ1) is 14.7. The summed E-state index contributed by atoms with van der Waals surface area (Å²) in [5, 5.41) is 0.498. The van der Waals surface area contributed by atoms with Crippen LogP contribution in [0.2, 0.25) is 5.02 Å². The second-order valence-electron chi connectivity index (χ2n) is 4.32. The van der Waals surface area contributed by atoms with Crippen molar-refractivity contribution in [1.29, 1.82) is 0 Å². The third-order valence-corrected chi connectivity index (χ3v) is 3.28. The van der Waals surface area contributed by atoms with Gasteiger partial charge in [-0.25, -0.2) is 0 Å². The maximum absolute atomic E-state index is 12.4. The van der Waals surface area contributed by atoms with E-state index in [-0.39, 0.29) is 11.9 Å². The number of rotatable bonds is 4. The Hall–Kier alpha value is -1.35. The lowest BCUT2D eigenvalue weighted by atomic mass is 10.1. The van der Waals surface area contributed by atoms with E-state index in [2.05, 4.69) is 4.99 Å². The summed E-state index contributed by atoms with van der Waals surface area (Å²) in [7, 11) is 1.78. The van der Waals surface area contributed by atoms with Crippen LogP contribution in [0.15, 0.2) is 23.2 Å². The Morgan fingerprint density at radius 3 is 2.78 bits per heavy atom. The zero-order valence-electron chi connectivity index (χ0n) is 11.3. The van der Waals surface area contributed by atoms with E-state index in [9.17, 15) is 4.79 Å². The first-order valence-electron chi connectivity index (χ1n) is 5.95. The Bertz CT molecular complexity index is 437. The molecule has 18 heavy (non-hydrogen) atoms. The van der Waals surface area contributed by atoms with Gasteiger partial charge in [0.15, 0.2) is 0 Å². The van der Waals surface area contributed by atoms with Crippen LogP contribution in [0, 0.1) is 6.92 Å². The van der Waals surface area contributed by atoms with Gasteiger partial charge in [-0.2, -0.15) is 0 Å². The summed E-state index contributed by atoms with van der Waals surface area (Å²) >= 11 is 6.10. The lowest BCUT2D eigenvalue weighted by Crippen LogP contribution is -2.37. The summed E-state index contributed by atoms with van der Waals surface area (Å²) in [5.41, 5.74) is 1.47. The molecule has 0 saturated heterocycles. The minimum atomic E-state index is -0.0584. The molecule has 0 N–H and O–H groups in total. The van der Waals surface area contributed by atoms with Crippen LogP contribution in [0.4, 0.5) is 0 Å². The topological polar surface area (TPSA) is 32.7 Å². The number of hydrogen-bond donors (Lipinski definition) is 0. The van der Waals surface area contributed by atoms with Crippen molar-refractivity contribution in [3.05, 3.63) is 34.3 Å². The van der Waals surface area contributed by atoms with E-state index in [0.29, 0.717) is 17.1 Å². The fraction of sp³-hybridized carbons (Fsp3) is 0.429. The monoisotopic (exact) mass is 266 g/mol. The first-order chi connectivity index (χ1) is 8.49. The van der Waals surface area contributed by atoms with Gasteiger partial charge in [-0.05, 0) is 38.6 Å². The number of halogens is 1. The third kappa shape index (κ3) is 3.33. The normalized spacial score (nSPS) is 12.7. The van der Waals surface area contributed by atoms with Crippen molar-refractivity contribution in [3.8, 4) is 0 Å². The number of nitrogens with zero attached hydrogens (tertiary/aromatic N) is 2. The highest BCUT2D eigenvalue weighted by Gasteiger charge is 2.20. The van der Waals surface area contributed by atoms with Gasteiger partial charge in [-0.15, -0.1) is 0 Å². The van der Waals surface area contributed by atoms with E-state index in [1.807, 2.05) is 32.9 Å². The summed E-state index contributed by atoms with van der Waals surface area (Å²) in [5.74, 6) is -0.0584. The van der Waals surface area contributed by atoms with Crippen LogP contribution in [0.1, 0.15) is 29.8 Å². The van der Waals surface area contributed by atoms with Crippen LogP contribution in [0.5, 0.6) is 0 Å². The summed E-state index contributed by atoms with van der Waals surface area (Å²) in [4.78, 5) is 18.2. The fourth-order valence-corrected chi connectivity index (χ4v) is 1.96. The van der Waals surface area contributed by atoms with Crippen molar-refractivity contribution in [2.24, 2.45) is 4.99 Å². The van der Waals surface area contributed by atoms with Crippen molar-refractivity contribution in [1.82, 2.24) is 4.90 Å². The van der Waals surface area contributed by atoms with E-state index < -0.39 is 0 Å². The SMILES string of the molecule is CC=NC[C@@H](C)N(C)C(=O)c1c(C)cccc1Cl. The highest BCUT2D eigenvalue weighted by atomic mass is 35.5. The molecule has 0 radical (unpaired) electrons. The average molecular weight is 267 g/mol.